The summed E-state index contributed by atoms with van der Waals surface area (Å²) in [5.41, 5.74) is 8.25. The maximum absolute atomic E-state index is 12.1. The predicted octanol–water partition coefficient (Wildman–Crippen LogP) is 2.07. The molecule has 1 unspecified atom stereocenters. The standard InChI is InChI=1S/C17H22N2O2/c1-2-14-11-13(5-3-9-18)7-8-16(14)19-17(20)12-15-6-4-10-21-15/h7-8,11,15H,2,4,6,9-10,12,18H2,1H3,(H,19,20). The van der Waals surface area contributed by atoms with Gasteiger partial charge in [-0.25, -0.2) is 0 Å². The van der Waals surface area contributed by atoms with Crippen LogP contribution < -0.4 is 11.1 Å². The van der Waals surface area contributed by atoms with Crippen molar-refractivity contribution in [3.63, 3.8) is 0 Å². The Bertz CT molecular complexity index is 552. The highest BCUT2D eigenvalue weighted by Crippen LogP contribution is 2.20. The Balaban J connectivity index is 2.02. The van der Waals surface area contributed by atoms with E-state index in [4.69, 9.17) is 10.5 Å². The highest BCUT2D eigenvalue weighted by Gasteiger charge is 2.19. The third kappa shape index (κ3) is 4.59. The molecule has 0 saturated carbocycles. The van der Waals surface area contributed by atoms with Gasteiger partial charge >= 0.3 is 0 Å². The fourth-order valence-corrected chi connectivity index (χ4v) is 2.45. The minimum absolute atomic E-state index is 0.0115. The number of amides is 1. The highest BCUT2D eigenvalue weighted by atomic mass is 16.5. The average Bonchev–Trinajstić information content (AvgIpc) is 2.98. The molecule has 4 heteroatoms. The summed E-state index contributed by atoms with van der Waals surface area (Å²) in [7, 11) is 0. The van der Waals surface area contributed by atoms with Gasteiger partial charge in [0.1, 0.15) is 0 Å². The molecule has 2 rings (SSSR count). The first-order valence-electron chi connectivity index (χ1n) is 7.46. The molecule has 0 radical (unpaired) electrons. The first kappa shape index (κ1) is 15.6. The fraction of sp³-hybridized carbons (Fsp3) is 0.471. The molecule has 112 valence electrons. The second-order valence-corrected chi connectivity index (χ2v) is 5.12. The van der Waals surface area contributed by atoms with Crippen LogP contribution >= 0.6 is 0 Å². The monoisotopic (exact) mass is 286 g/mol. The van der Waals surface area contributed by atoms with Gasteiger partial charge < -0.3 is 15.8 Å². The summed E-state index contributed by atoms with van der Waals surface area (Å²) >= 11 is 0. The molecule has 1 heterocycles. The lowest BCUT2D eigenvalue weighted by molar-refractivity contribution is -0.118. The molecule has 1 atom stereocenters. The number of anilines is 1. The number of carbonyl (C=O) groups is 1. The van der Waals surface area contributed by atoms with Gasteiger partial charge in [-0.3, -0.25) is 4.79 Å². The Kier molecular flexibility index (Phi) is 5.79. The summed E-state index contributed by atoms with van der Waals surface area (Å²) in [5.74, 6) is 5.86. The van der Waals surface area contributed by atoms with Gasteiger partial charge in [0.05, 0.1) is 19.1 Å². The largest absolute Gasteiger partial charge is 0.378 e. The first-order valence-corrected chi connectivity index (χ1v) is 7.46. The van der Waals surface area contributed by atoms with Crippen LogP contribution in [0.2, 0.25) is 0 Å². The van der Waals surface area contributed by atoms with Gasteiger partial charge in [0.25, 0.3) is 0 Å². The van der Waals surface area contributed by atoms with Crippen molar-refractivity contribution >= 4 is 11.6 Å². The molecule has 0 aliphatic carbocycles. The Hall–Kier alpha value is -1.83. The summed E-state index contributed by atoms with van der Waals surface area (Å²) in [6.45, 7) is 3.18. The van der Waals surface area contributed by atoms with Gasteiger partial charge in [0, 0.05) is 17.9 Å². The molecule has 3 N–H and O–H groups in total. The van der Waals surface area contributed by atoms with E-state index in [1.165, 1.54) is 0 Å². The van der Waals surface area contributed by atoms with E-state index >= 15 is 0 Å². The van der Waals surface area contributed by atoms with Crippen molar-refractivity contribution in [2.24, 2.45) is 5.73 Å². The molecule has 4 nitrogen and oxygen atoms in total. The number of nitrogens with two attached hydrogens (primary N) is 1. The summed E-state index contributed by atoms with van der Waals surface area (Å²) in [6.07, 6.45) is 3.37. The van der Waals surface area contributed by atoms with Crippen LogP contribution in [0.1, 0.15) is 37.3 Å². The van der Waals surface area contributed by atoms with Gasteiger partial charge in [0.15, 0.2) is 0 Å². The number of rotatable bonds is 4. The molecule has 1 saturated heterocycles. The molecule has 0 bridgehead atoms. The van der Waals surface area contributed by atoms with E-state index in [9.17, 15) is 4.79 Å². The van der Waals surface area contributed by atoms with E-state index < -0.39 is 0 Å². The average molecular weight is 286 g/mol. The smallest absolute Gasteiger partial charge is 0.226 e. The van der Waals surface area contributed by atoms with Crippen molar-refractivity contribution in [3.8, 4) is 11.8 Å². The first-order chi connectivity index (χ1) is 10.2. The van der Waals surface area contributed by atoms with Crippen LogP contribution in [-0.2, 0) is 16.0 Å². The minimum atomic E-state index is 0.0115. The van der Waals surface area contributed by atoms with Crippen LogP contribution in [0.4, 0.5) is 5.69 Å². The molecule has 1 fully saturated rings. The van der Waals surface area contributed by atoms with E-state index in [0.717, 1.165) is 42.7 Å². The third-order valence-corrected chi connectivity index (χ3v) is 3.53. The maximum atomic E-state index is 12.1. The third-order valence-electron chi connectivity index (χ3n) is 3.53. The number of aryl methyl sites for hydroxylation is 1. The van der Waals surface area contributed by atoms with Crippen LogP contribution in [-0.4, -0.2) is 25.2 Å². The SMILES string of the molecule is CCc1cc(C#CCN)ccc1NC(=O)CC1CCCO1. The molecule has 1 amide bonds. The lowest BCUT2D eigenvalue weighted by Crippen LogP contribution is -2.19. The maximum Gasteiger partial charge on any atom is 0.226 e. The predicted molar refractivity (Wildman–Crippen MR) is 84.0 cm³/mol. The summed E-state index contributed by atoms with van der Waals surface area (Å²) in [6, 6.07) is 5.82. The van der Waals surface area contributed by atoms with Crippen LogP contribution in [0.5, 0.6) is 0 Å². The molecule has 1 aromatic rings. The Morgan fingerprint density at radius 1 is 1.52 bits per heavy atom. The lowest BCUT2D eigenvalue weighted by atomic mass is 10.1. The number of ether oxygens (including phenoxy) is 1. The number of nitrogens with one attached hydrogen (secondary N) is 1. The fourth-order valence-electron chi connectivity index (χ4n) is 2.45. The number of benzene rings is 1. The zero-order chi connectivity index (χ0) is 15.1. The Morgan fingerprint density at radius 2 is 2.38 bits per heavy atom. The van der Waals surface area contributed by atoms with E-state index in [-0.39, 0.29) is 12.0 Å². The summed E-state index contributed by atoms with van der Waals surface area (Å²) in [5, 5.41) is 2.98. The number of hydrogen-bond donors (Lipinski definition) is 2. The van der Waals surface area contributed by atoms with Crippen LogP contribution in [0.25, 0.3) is 0 Å². The number of carbonyl (C=O) groups excluding carboxylic acids is 1. The van der Waals surface area contributed by atoms with Crippen LogP contribution in [0.3, 0.4) is 0 Å². The van der Waals surface area contributed by atoms with E-state index in [1.807, 2.05) is 18.2 Å². The summed E-state index contributed by atoms with van der Waals surface area (Å²) in [4.78, 5) is 12.1. The molecule has 1 aliphatic rings. The summed E-state index contributed by atoms with van der Waals surface area (Å²) < 4.78 is 5.49. The van der Waals surface area contributed by atoms with E-state index in [1.54, 1.807) is 0 Å². The van der Waals surface area contributed by atoms with Gasteiger partial charge in [-0.05, 0) is 43.0 Å². The molecular formula is C17H22N2O2. The van der Waals surface area contributed by atoms with Crippen molar-refractivity contribution in [1.82, 2.24) is 0 Å². The van der Waals surface area contributed by atoms with Crippen molar-refractivity contribution in [2.75, 3.05) is 18.5 Å². The van der Waals surface area contributed by atoms with E-state index in [0.29, 0.717) is 13.0 Å². The molecule has 1 aromatic carbocycles. The topological polar surface area (TPSA) is 64.3 Å². The van der Waals surface area contributed by atoms with Gasteiger partial charge in [-0.15, -0.1) is 0 Å². The molecule has 0 aromatic heterocycles. The van der Waals surface area contributed by atoms with Crippen molar-refractivity contribution in [1.29, 1.82) is 0 Å². The normalized spacial score (nSPS) is 17.1. The quantitative estimate of drug-likeness (QED) is 0.833. The zero-order valence-corrected chi connectivity index (χ0v) is 12.4. The van der Waals surface area contributed by atoms with Crippen molar-refractivity contribution in [3.05, 3.63) is 29.3 Å². The van der Waals surface area contributed by atoms with Gasteiger partial charge in [0.2, 0.25) is 5.91 Å². The highest BCUT2D eigenvalue weighted by molar-refractivity contribution is 5.92. The van der Waals surface area contributed by atoms with Crippen molar-refractivity contribution < 1.29 is 9.53 Å². The van der Waals surface area contributed by atoms with Crippen molar-refractivity contribution in [2.45, 2.75) is 38.7 Å². The number of hydrogen-bond acceptors (Lipinski definition) is 3. The minimum Gasteiger partial charge on any atom is -0.378 e. The molecule has 21 heavy (non-hydrogen) atoms. The second kappa shape index (κ2) is 7.82. The zero-order valence-electron chi connectivity index (χ0n) is 12.4. The molecule has 0 spiro atoms. The Labute approximate surface area is 126 Å². The molecule has 1 aliphatic heterocycles. The lowest BCUT2D eigenvalue weighted by Gasteiger charge is -2.13. The van der Waals surface area contributed by atoms with Gasteiger partial charge in [-0.2, -0.15) is 0 Å². The van der Waals surface area contributed by atoms with Crippen LogP contribution in [0, 0.1) is 11.8 Å². The second-order valence-electron chi connectivity index (χ2n) is 5.12. The Morgan fingerprint density at radius 3 is 3.05 bits per heavy atom. The van der Waals surface area contributed by atoms with Crippen LogP contribution in [0.15, 0.2) is 18.2 Å². The van der Waals surface area contributed by atoms with E-state index in [2.05, 4.69) is 24.1 Å². The van der Waals surface area contributed by atoms with Gasteiger partial charge in [-0.1, -0.05) is 18.8 Å². The molecular weight excluding hydrogens is 264 g/mol.